The number of imide groups is 1. The number of nitrogens with zero attached hydrogens (tertiary/aromatic N) is 2. The Morgan fingerprint density at radius 2 is 1.65 bits per heavy atom. The summed E-state index contributed by atoms with van der Waals surface area (Å²) in [6.07, 6.45) is 1.43. The summed E-state index contributed by atoms with van der Waals surface area (Å²) in [5.41, 5.74) is 0.857. The molecule has 0 bridgehead atoms. The van der Waals surface area contributed by atoms with Gasteiger partial charge in [0.1, 0.15) is 27.8 Å². The summed E-state index contributed by atoms with van der Waals surface area (Å²) in [5, 5.41) is 0. The zero-order valence-corrected chi connectivity index (χ0v) is 19.4. The Balaban J connectivity index is 1.67. The summed E-state index contributed by atoms with van der Waals surface area (Å²) >= 11 is 0. The number of carbonyl (C=O) groups is 2. The molecule has 0 fully saturated rings. The Morgan fingerprint density at radius 3 is 2.32 bits per heavy atom. The van der Waals surface area contributed by atoms with Crippen molar-refractivity contribution in [3.63, 3.8) is 0 Å². The molecule has 3 aromatic rings. The van der Waals surface area contributed by atoms with Crippen LogP contribution in [0.3, 0.4) is 0 Å². The smallest absolute Gasteiger partial charge is 0.280 e. The third kappa shape index (κ3) is 4.13. The number of methoxy groups -OCH3 is 3. The van der Waals surface area contributed by atoms with Crippen molar-refractivity contribution in [2.75, 3.05) is 26.1 Å². The van der Waals surface area contributed by atoms with E-state index in [0.717, 1.165) is 4.90 Å². The first-order valence-corrected chi connectivity index (χ1v) is 11.5. The van der Waals surface area contributed by atoms with E-state index in [1.807, 2.05) is 0 Å². The second-order valence-electron chi connectivity index (χ2n) is 7.25. The van der Waals surface area contributed by atoms with Gasteiger partial charge in [0.15, 0.2) is 0 Å². The summed E-state index contributed by atoms with van der Waals surface area (Å²) in [6.45, 7) is -0.136. The van der Waals surface area contributed by atoms with Gasteiger partial charge in [-0.1, -0.05) is 6.07 Å². The fourth-order valence-corrected chi connectivity index (χ4v) is 4.84. The number of rotatable bonds is 8. The van der Waals surface area contributed by atoms with E-state index in [9.17, 15) is 18.0 Å². The second kappa shape index (κ2) is 9.02. The minimum absolute atomic E-state index is 0.0700. The van der Waals surface area contributed by atoms with Crippen LogP contribution in [0.5, 0.6) is 17.2 Å². The average Bonchev–Trinajstić information content (AvgIpc) is 3.08. The molecular weight excluding hydrogens is 462 g/mol. The maximum absolute atomic E-state index is 13.3. The van der Waals surface area contributed by atoms with Crippen LogP contribution in [-0.4, -0.2) is 51.4 Å². The SMILES string of the molecule is COc1ccc(OC)c(NS(=O)(=O)c2cc(CN3C(=O)c4cccnc4C3=O)ccc2OC)c1. The van der Waals surface area contributed by atoms with Gasteiger partial charge >= 0.3 is 0 Å². The highest BCUT2D eigenvalue weighted by Crippen LogP contribution is 2.34. The predicted octanol–water partition coefficient (Wildman–Crippen LogP) is 2.70. The molecule has 2 heterocycles. The number of anilines is 1. The molecule has 0 saturated heterocycles. The van der Waals surface area contributed by atoms with Gasteiger partial charge in [-0.05, 0) is 42.0 Å². The van der Waals surface area contributed by atoms with E-state index < -0.39 is 21.8 Å². The molecule has 0 spiro atoms. The molecule has 10 nitrogen and oxygen atoms in total. The lowest BCUT2D eigenvalue weighted by atomic mass is 10.2. The van der Waals surface area contributed by atoms with Crippen molar-refractivity contribution in [3.05, 3.63) is 71.5 Å². The topological polar surface area (TPSA) is 124 Å². The summed E-state index contributed by atoms with van der Waals surface area (Å²) in [7, 11) is 0.0556. The van der Waals surface area contributed by atoms with E-state index in [4.69, 9.17) is 14.2 Å². The highest BCUT2D eigenvalue weighted by atomic mass is 32.2. The standard InChI is InChI=1S/C23H21N3O7S/c1-31-15-7-9-18(32-2)17(12-15)25-34(29,30)20-11-14(6-8-19(20)33-3)13-26-22(27)16-5-4-10-24-21(16)23(26)28/h4-12,25H,13H2,1-3H3. The molecule has 176 valence electrons. The molecule has 0 radical (unpaired) electrons. The quantitative estimate of drug-likeness (QED) is 0.485. The van der Waals surface area contributed by atoms with Gasteiger partial charge in [-0.15, -0.1) is 0 Å². The van der Waals surface area contributed by atoms with Crippen LogP contribution in [0.1, 0.15) is 26.4 Å². The number of aromatic nitrogens is 1. The van der Waals surface area contributed by atoms with Crippen molar-refractivity contribution < 1.29 is 32.2 Å². The van der Waals surface area contributed by atoms with Crippen LogP contribution in [0.15, 0.2) is 59.6 Å². The molecule has 0 atom stereocenters. The second-order valence-corrected chi connectivity index (χ2v) is 8.90. The largest absolute Gasteiger partial charge is 0.497 e. The molecular formula is C23H21N3O7S. The van der Waals surface area contributed by atoms with E-state index in [2.05, 4.69) is 9.71 Å². The fraction of sp³-hybridized carbons (Fsp3) is 0.174. The van der Waals surface area contributed by atoms with Gasteiger partial charge in [0.2, 0.25) is 0 Å². The molecule has 1 N–H and O–H groups in total. The van der Waals surface area contributed by atoms with Gasteiger partial charge in [0, 0.05) is 12.3 Å². The first-order chi connectivity index (χ1) is 16.3. The van der Waals surface area contributed by atoms with E-state index in [1.54, 1.807) is 24.3 Å². The number of nitrogens with one attached hydrogen (secondary N) is 1. The number of carbonyl (C=O) groups excluding carboxylic acids is 2. The van der Waals surface area contributed by atoms with Crippen molar-refractivity contribution in [1.82, 2.24) is 9.88 Å². The van der Waals surface area contributed by atoms with Crippen molar-refractivity contribution >= 4 is 27.5 Å². The first kappa shape index (κ1) is 23.1. The van der Waals surface area contributed by atoms with Crippen molar-refractivity contribution in [2.45, 2.75) is 11.4 Å². The summed E-state index contributed by atoms with van der Waals surface area (Å²) < 4.78 is 44.8. The van der Waals surface area contributed by atoms with Crippen LogP contribution in [0, 0.1) is 0 Å². The van der Waals surface area contributed by atoms with Crippen molar-refractivity contribution in [3.8, 4) is 17.2 Å². The Morgan fingerprint density at radius 1 is 0.912 bits per heavy atom. The number of pyridine rings is 1. The monoisotopic (exact) mass is 483 g/mol. The molecule has 1 aliphatic rings. The lowest BCUT2D eigenvalue weighted by Crippen LogP contribution is -2.29. The van der Waals surface area contributed by atoms with Crippen molar-refractivity contribution in [2.24, 2.45) is 0 Å². The molecule has 2 aromatic carbocycles. The predicted molar refractivity (Wildman–Crippen MR) is 122 cm³/mol. The molecule has 11 heteroatoms. The molecule has 4 rings (SSSR count). The molecule has 34 heavy (non-hydrogen) atoms. The van der Waals surface area contributed by atoms with Gasteiger partial charge < -0.3 is 14.2 Å². The van der Waals surface area contributed by atoms with Gasteiger partial charge in [0.25, 0.3) is 21.8 Å². The zero-order valence-electron chi connectivity index (χ0n) is 18.6. The van der Waals surface area contributed by atoms with E-state index in [0.29, 0.717) is 11.3 Å². The van der Waals surface area contributed by atoms with E-state index in [1.165, 1.54) is 51.8 Å². The number of sulfonamides is 1. The maximum atomic E-state index is 13.3. The molecule has 0 unspecified atom stereocenters. The lowest BCUT2D eigenvalue weighted by molar-refractivity contribution is 0.0640. The molecule has 2 amide bonds. The summed E-state index contributed by atoms with van der Waals surface area (Å²) in [4.78, 5) is 30.2. The molecule has 0 aliphatic carbocycles. The van der Waals surface area contributed by atoms with E-state index in [-0.39, 0.29) is 39.9 Å². The Hall–Kier alpha value is -4.12. The number of fused-ring (bicyclic) bond motifs is 1. The highest BCUT2D eigenvalue weighted by molar-refractivity contribution is 7.92. The first-order valence-electron chi connectivity index (χ1n) is 10.0. The molecule has 0 saturated carbocycles. The normalized spacial score (nSPS) is 13.0. The third-order valence-corrected chi connectivity index (χ3v) is 6.63. The van der Waals surface area contributed by atoms with Crippen LogP contribution >= 0.6 is 0 Å². The Bertz CT molecular complexity index is 1350. The number of hydrogen-bond donors (Lipinski definition) is 1. The minimum Gasteiger partial charge on any atom is -0.497 e. The Labute approximate surface area is 196 Å². The van der Waals surface area contributed by atoms with Gasteiger partial charge in [0.05, 0.1) is 39.1 Å². The van der Waals surface area contributed by atoms with E-state index >= 15 is 0 Å². The van der Waals surface area contributed by atoms with Gasteiger partial charge in [-0.3, -0.25) is 24.2 Å². The summed E-state index contributed by atoms with van der Waals surface area (Å²) in [5.74, 6) is -0.230. The van der Waals surface area contributed by atoms with Crippen LogP contribution < -0.4 is 18.9 Å². The van der Waals surface area contributed by atoms with Crippen LogP contribution in [0.2, 0.25) is 0 Å². The average molecular weight is 484 g/mol. The van der Waals surface area contributed by atoms with Crippen molar-refractivity contribution in [1.29, 1.82) is 0 Å². The number of hydrogen-bond acceptors (Lipinski definition) is 8. The number of benzene rings is 2. The number of amides is 2. The van der Waals surface area contributed by atoms with Gasteiger partial charge in [-0.25, -0.2) is 8.42 Å². The Kier molecular flexibility index (Phi) is 6.12. The third-order valence-electron chi connectivity index (χ3n) is 5.24. The van der Waals surface area contributed by atoms with Crippen LogP contribution in [-0.2, 0) is 16.6 Å². The van der Waals surface area contributed by atoms with Gasteiger partial charge in [-0.2, -0.15) is 0 Å². The van der Waals surface area contributed by atoms with Crippen LogP contribution in [0.4, 0.5) is 5.69 Å². The zero-order chi connectivity index (χ0) is 24.5. The van der Waals surface area contributed by atoms with Crippen LogP contribution in [0.25, 0.3) is 0 Å². The number of ether oxygens (including phenoxy) is 3. The maximum Gasteiger partial charge on any atom is 0.280 e. The molecule has 1 aromatic heterocycles. The fourth-order valence-electron chi connectivity index (χ4n) is 3.56. The lowest BCUT2D eigenvalue weighted by Gasteiger charge is -2.17. The summed E-state index contributed by atoms with van der Waals surface area (Å²) in [6, 6.07) is 12.2. The minimum atomic E-state index is -4.16. The highest BCUT2D eigenvalue weighted by Gasteiger charge is 2.36. The molecule has 1 aliphatic heterocycles.